The van der Waals surface area contributed by atoms with Gasteiger partial charge < -0.3 is 9.32 Å². The molecule has 0 aliphatic rings. The Bertz CT molecular complexity index is 3240. The van der Waals surface area contributed by atoms with Crippen molar-refractivity contribution < 1.29 is 4.42 Å². The van der Waals surface area contributed by atoms with Crippen molar-refractivity contribution in [1.29, 1.82) is 0 Å². The zero-order chi connectivity index (χ0) is 39.8. The predicted octanol–water partition coefficient (Wildman–Crippen LogP) is 14.7. The van der Waals surface area contributed by atoms with Crippen LogP contribution >= 0.6 is 0 Å². The summed E-state index contributed by atoms with van der Waals surface area (Å²) >= 11 is 0. The van der Waals surface area contributed by atoms with Gasteiger partial charge in [0.2, 0.25) is 0 Å². The van der Waals surface area contributed by atoms with Gasteiger partial charge in [0.15, 0.2) is 23.1 Å². The monoisotopic (exact) mass is 768 g/mol. The van der Waals surface area contributed by atoms with Crippen molar-refractivity contribution in [3.05, 3.63) is 218 Å². The summed E-state index contributed by atoms with van der Waals surface area (Å²) in [7, 11) is 0. The van der Waals surface area contributed by atoms with Gasteiger partial charge >= 0.3 is 0 Å². The number of para-hydroxylation sites is 1. The van der Waals surface area contributed by atoms with E-state index in [1.807, 2.05) is 72.8 Å². The topological polar surface area (TPSA) is 55.1 Å². The number of fused-ring (bicyclic) bond motifs is 4. The van der Waals surface area contributed by atoms with E-state index in [2.05, 4.69) is 150 Å². The first-order valence-electron chi connectivity index (χ1n) is 20.1. The van der Waals surface area contributed by atoms with Crippen molar-refractivity contribution in [2.75, 3.05) is 4.90 Å². The van der Waals surface area contributed by atoms with Crippen molar-refractivity contribution in [3.63, 3.8) is 0 Å². The minimum Gasteiger partial charge on any atom is -0.454 e. The first-order chi connectivity index (χ1) is 29.8. The lowest BCUT2D eigenvalue weighted by molar-refractivity contribution is 0.669. The molecule has 11 rings (SSSR count). The van der Waals surface area contributed by atoms with E-state index in [0.29, 0.717) is 17.5 Å². The summed E-state index contributed by atoms with van der Waals surface area (Å²) in [4.78, 5) is 17.7. The van der Waals surface area contributed by atoms with E-state index < -0.39 is 0 Å². The van der Waals surface area contributed by atoms with E-state index in [4.69, 9.17) is 19.4 Å². The average molecular weight is 769 g/mol. The van der Waals surface area contributed by atoms with Gasteiger partial charge in [-0.1, -0.05) is 188 Å². The highest BCUT2D eigenvalue weighted by atomic mass is 16.3. The molecule has 0 atom stereocenters. The molecular weight excluding hydrogens is 733 g/mol. The predicted molar refractivity (Wildman–Crippen MR) is 246 cm³/mol. The number of furan rings is 1. The molecule has 0 bridgehead atoms. The van der Waals surface area contributed by atoms with Gasteiger partial charge in [0.05, 0.1) is 11.4 Å². The number of rotatable bonds is 8. The Morgan fingerprint density at radius 2 is 0.883 bits per heavy atom. The molecule has 5 heteroatoms. The van der Waals surface area contributed by atoms with Crippen LogP contribution in [0.4, 0.5) is 17.1 Å². The Balaban J connectivity index is 1.20. The van der Waals surface area contributed by atoms with E-state index in [-0.39, 0.29) is 0 Å². The van der Waals surface area contributed by atoms with Crippen LogP contribution < -0.4 is 4.90 Å². The molecule has 9 aromatic carbocycles. The van der Waals surface area contributed by atoms with E-state index in [0.717, 1.165) is 83.2 Å². The lowest BCUT2D eigenvalue weighted by Gasteiger charge is -2.29. The number of benzene rings is 9. The standard InChI is InChI=1S/C55H36N4O/c1-5-18-37(19-6-1)38-32-34-43(35-33-38)59(48-30-16-15-27-44(48)39-20-7-2-8-21-39)51-45-28-14-13-26-42(45)36-47-50-46(29-17-31-49(50)60-52(47)51)55-57-53(40-22-9-3-10-23-40)56-54(58-55)41-24-11-4-12-25-41/h1-36H. The molecule has 0 saturated carbocycles. The first-order valence-corrected chi connectivity index (χ1v) is 20.1. The van der Waals surface area contributed by atoms with Crippen molar-refractivity contribution in [2.24, 2.45) is 0 Å². The maximum atomic E-state index is 7.13. The average Bonchev–Trinajstić information content (AvgIpc) is 3.71. The fourth-order valence-corrected chi connectivity index (χ4v) is 8.29. The van der Waals surface area contributed by atoms with Gasteiger partial charge in [-0.3, -0.25) is 0 Å². The Kier molecular flexibility index (Phi) is 8.75. The zero-order valence-corrected chi connectivity index (χ0v) is 32.5. The molecule has 5 nitrogen and oxygen atoms in total. The molecule has 0 fully saturated rings. The van der Waals surface area contributed by atoms with E-state index in [9.17, 15) is 0 Å². The van der Waals surface area contributed by atoms with E-state index in [1.165, 1.54) is 5.56 Å². The summed E-state index contributed by atoms with van der Waals surface area (Å²) < 4.78 is 7.13. The summed E-state index contributed by atoms with van der Waals surface area (Å²) in [6, 6.07) is 75.7. The largest absolute Gasteiger partial charge is 0.454 e. The summed E-state index contributed by atoms with van der Waals surface area (Å²) in [5.41, 5.74) is 11.8. The third-order valence-corrected chi connectivity index (χ3v) is 11.1. The van der Waals surface area contributed by atoms with Crippen LogP contribution in [-0.2, 0) is 0 Å². The van der Waals surface area contributed by atoms with Crippen LogP contribution in [0, 0.1) is 0 Å². The fraction of sp³-hybridized carbons (Fsp3) is 0. The molecule has 2 heterocycles. The highest BCUT2D eigenvalue weighted by molar-refractivity contribution is 6.22. The highest BCUT2D eigenvalue weighted by Crippen LogP contribution is 2.50. The first kappa shape index (κ1) is 35.0. The number of hydrogen-bond acceptors (Lipinski definition) is 5. The molecule has 11 aromatic rings. The zero-order valence-electron chi connectivity index (χ0n) is 32.5. The van der Waals surface area contributed by atoms with Crippen molar-refractivity contribution in [1.82, 2.24) is 15.0 Å². The van der Waals surface area contributed by atoms with Gasteiger partial charge in [-0.2, -0.15) is 0 Å². The number of hydrogen-bond donors (Lipinski definition) is 0. The molecule has 0 aliphatic carbocycles. The van der Waals surface area contributed by atoms with E-state index >= 15 is 0 Å². The SMILES string of the molecule is c1ccc(-c2ccc(N(c3ccccc3-c3ccccc3)c3c4ccccc4cc4c3oc3cccc(-c5nc(-c6ccccc6)nc(-c6ccccc6)n5)c34)cc2)cc1. The summed E-state index contributed by atoms with van der Waals surface area (Å²) in [5, 5.41) is 4.07. The molecule has 0 N–H and O–H groups in total. The van der Waals surface area contributed by atoms with Crippen LogP contribution in [0.1, 0.15) is 0 Å². The van der Waals surface area contributed by atoms with Crippen molar-refractivity contribution >= 4 is 49.8 Å². The molecule has 0 spiro atoms. The molecule has 0 amide bonds. The second-order valence-corrected chi connectivity index (χ2v) is 14.8. The fourth-order valence-electron chi connectivity index (χ4n) is 8.29. The molecule has 60 heavy (non-hydrogen) atoms. The summed E-state index contributed by atoms with van der Waals surface area (Å²) in [5.74, 6) is 1.80. The Hall–Kier alpha value is -8.15. The van der Waals surface area contributed by atoms with Gasteiger partial charge in [0, 0.05) is 44.1 Å². The number of nitrogens with zero attached hydrogens (tertiary/aromatic N) is 4. The van der Waals surface area contributed by atoms with Crippen LogP contribution in [0.2, 0.25) is 0 Å². The molecule has 0 aliphatic heterocycles. The van der Waals surface area contributed by atoms with Gasteiger partial charge in [0.1, 0.15) is 5.58 Å². The van der Waals surface area contributed by atoms with Crippen LogP contribution in [0.25, 0.3) is 89.1 Å². The van der Waals surface area contributed by atoms with Gasteiger partial charge in [0.25, 0.3) is 0 Å². The van der Waals surface area contributed by atoms with Crippen LogP contribution in [0.5, 0.6) is 0 Å². The molecule has 282 valence electrons. The molecule has 2 aromatic heterocycles. The maximum absolute atomic E-state index is 7.13. The maximum Gasteiger partial charge on any atom is 0.164 e. The van der Waals surface area contributed by atoms with Crippen LogP contribution in [0.15, 0.2) is 223 Å². The third kappa shape index (κ3) is 6.26. The summed E-state index contributed by atoms with van der Waals surface area (Å²) in [6.45, 7) is 0. The molecule has 0 unspecified atom stereocenters. The quantitative estimate of drug-likeness (QED) is 0.154. The molecule has 0 radical (unpaired) electrons. The van der Waals surface area contributed by atoms with Gasteiger partial charge in [-0.25, -0.2) is 15.0 Å². The minimum absolute atomic E-state index is 0.577. The Labute approximate surface area is 347 Å². The van der Waals surface area contributed by atoms with E-state index in [1.54, 1.807) is 0 Å². The lowest BCUT2D eigenvalue weighted by Crippen LogP contribution is -2.12. The number of anilines is 3. The Morgan fingerprint density at radius 1 is 0.367 bits per heavy atom. The Morgan fingerprint density at radius 3 is 1.55 bits per heavy atom. The molecular formula is C55H36N4O. The van der Waals surface area contributed by atoms with Crippen molar-refractivity contribution in [3.8, 4) is 56.4 Å². The second-order valence-electron chi connectivity index (χ2n) is 14.8. The highest BCUT2D eigenvalue weighted by Gasteiger charge is 2.26. The summed E-state index contributed by atoms with van der Waals surface area (Å²) in [6.07, 6.45) is 0. The van der Waals surface area contributed by atoms with Crippen LogP contribution in [0.3, 0.4) is 0 Å². The lowest BCUT2D eigenvalue weighted by atomic mass is 9.97. The normalized spacial score (nSPS) is 11.3. The third-order valence-electron chi connectivity index (χ3n) is 11.1. The van der Waals surface area contributed by atoms with Crippen LogP contribution in [-0.4, -0.2) is 15.0 Å². The van der Waals surface area contributed by atoms with Gasteiger partial charge in [-0.15, -0.1) is 0 Å². The number of aromatic nitrogens is 3. The smallest absolute Gasteiger partial charge is 0.164 e. The minimum atomic E-state index is 0.577. The second kappa shape index (κ2) is 15.0. The van der Waals surface area contributed by atoms with Crippen molar-refractivity contribution in [2.45, 2.75) is 0 Å². The van der Waals surface area contributed by atoms with Gasteiger partial charge in [-0.05, 0) is 52.4 Å². The molecule has 0 saturated heterocycles.